The molecule has 134 valence electrons. The predicted octanol–water partition coefficient (Wildman–Crippen LogP) is 1.91. The van der Waals surface area contributed by atoms with E-state index in [1.54, 1.807) is 23.4 Å². The molecular formula is C17H18N6O2S. The van der Waals surface area contributed by atoms with Crippen molar-refractivity contribution in [3.63, 3.8) is 0 Å². The van der Waals surface area contributed by atoms with Crippen LogP contribution in [0.3, 0.4) is 0 Å². The van der Waals surface area contributed by atoms with Gasteiger partial charge in [-0.3, -0.25) is 9.59 Å². The molecule has 8 nitrogen and oxygen atoms in total. The molecule has 0 unspecified atom stereocenters. The number of amides is 2. The molecule has 1 atom stereocenters. The van der Waals surface area contributed by atoms with E-state index >= 15 is 0 Å². The smallest absolute Gasteiger partial charge is 0.294 e. The lowest BCUT2D eigenvalue weighted by molar-refractivity contribution is 0.0725. The number of fused-ring (bicyclic) bond motifs is 1. The van der Waals surface area contributed by atoms with Crippen molar-refractivity contribution >= 4 is 28.9 Å². The second-order valence-electron chi connectivity index (χ2n) is 6.02. The molecule has 26 heavy (non-hydrogen) atoms. The molecule has 4 rings (SSSR count). The number of nitrogens with zero attached hydrogens (tertiary/aromatic N) is 5. The number of thiophene rings is 1. The normalized spacial score (nSPS) is 17.0. The second kappa shape index (κ2) is 6.83. The molecule has 1 aliphatic heterocycles. The number of hydrogen-bond donors (Lipinski definition) is 1. The van der Waals surface area contributed by atoms with Gasteiger partial charge in [0.25, 0.3) is 17.6 Å². The number of nitrogens with one attached hydrogen (secondary N) is 1. The summed E-state index contributed by atoms with van der Waals surface area (Å²) in [4.78, 5) is 36.7. The number of aromatic nitrogens is 4. The summed E-state index contributed by atoms with van der Waals surface area (Å²) in [6.45, 7) is 3.13. The molecule has 0 radical (unpaired) electrons. The number of carbonyl (C=O) groups is 2. The van der Waals surface area contributed by atoms with Crippen LogP contribution in [-0.4, -0.2) is 49.4 Å². The summed E-state index contributed by atoms with van der Waals surface area (Å²) >= 11 is 1.44. The Balaban J connectivity index is 1.58. The largest absolute Gasteiger partial charge is 0.352 e. The maximum absolute atomic E-state index is 12.9. The Morgan fingerprint density at radius 2 is 2.27 bits per heavy atom. The maximum atomic E-state index is 12.9. The molecule has 3 aromatic rings. The Labute approximate surface area is 153 Å². The highest BCUT2D eigenvalue weighted by atomic mass is 32.1. The lowest BCUT2D eigenvalue weighted by atomic mass is 10.2. The third-order valence-corrected chi connectivity index (χ3v) is 5.52. The fraction of sp³-hybridized carbons (Fsp3) is 0.353. The Kier molecular flexibility index (Phi) is 4.37. The Hall–Kier alpha value is -2.81. The lowest BCUT2D eigenvalue weighted by Crippen LogP contribution is -2.31. The van der Waals surface area contributed by atoms with Gasteiger partial charge in [-0.1, -0.05) is 0 Å². The molecule has 0 aromatic carbocycles. The molecule has 1 N–H and O–H groups in total. The summed E-state index contributed by atoms with van der Waals surface area (Å²) in [6.07, 6.45) is 5.11. The van der Waals surface area contributed by atoms with E-state index < -0.39 is 0 Å². The van der Waals surface area contributed by atoms with Crippen LogP contribution in [0.25, 0.3) is 5.78 Å². The molecule has 9 heteroatoms. The fourth-order valence-corrected chi connectivity index (χ4v) is 4.23. The first kappa shape index (κ1) is 16.6. The summed E-state index contributed by atoms with van der Waals surface area (Å²) in [6, 6.07) is 5.45. The second-order valence-corrected chi connectivity index (χ2v) is 7.13. The molecule has 0 aliphatic carbocycles. The summed E-state index contributed by atoms with van der Waals surface area (Å²) in [5, 5.41) is 7.04. The van der Waals surface area contributed by atoms with Gasteiger partial charge >= 0.3 is 0 Å². The van der Waals surface area contributed by atoms with Gasteiger partial charge in [-0.25, -0.2) is 9.50 Å². The lowest BCUT2D eigenvalue weighted by Gasteiger charge is -2.22. The SMILES string of the molecule is CCNC(=O)c1ccc([C@H]2CCCN2C(=O)c2nc3ncccn3n2)s1. The van der Waals surface area contributed by atoms with E-state index in [0.717, 1.165) is 17.7 Å². The average Bonchev–Trinajstić information content (AvgIpc) is 3.38. The third-order valence-electron chi connectivity index (χ3n) is 4.34. The van der Waals surface area contributed by atoms with Gasteiger partial charge in [-0.2, -0.15) is 4.98 Å². The Morgan fingerprint density at radius 1 is 1.38 bits per heavy atom. The summed E-state index contributed by atoms with van der Waals surface area (Å²) < 4.78 is 1.50. The minimum absolute atomic E-state index is 0.0461. The van der Waals surface area contributed by atoms with Crippen LogP contribution in [0.2, 0.25) is 0 Å². The summed E-state index contributed by atoms with van der Waals surface area (Å²) in [7, 11) is 0. The highest BCUT2D eigenvalue weighted by Gasteiger charge is 2.33. The van der Waals surface area contributed by atoms with Gasteiger partial charge in [0, 0.05) is 30.4 Å². The van der Waals surface area contributed by atoms with E-state index in [-0.39, 0.29) is 23.7 Å². The molecule has 0 bridgehead atoms. The zero-order chi connectivity index (χ0) is 18.1. The van der Waals surface area contributed by atoms with Crippen LogP contribution < -0.4 is 5.32 Å². The van der Waals surface area contributed by atoms with Crippen molar-refractivity contribution < 1.29 is 9.59 Å². The van der Waals surface area contributed by atoms with Gasteiger partial charge in [0.15, 0.2) is 0 Å². The maximum Gasteiger partial charge on any atom is 0.294 e. The first-order chi connectivity index (χ1) is 12.7. The first-order valence-electron chi connectivity index (χ1n) is 8.53. The highest BCUT2D eigenvalue weighted by Crippen LogP contribution is 2.36. The van der Waals surface area contributed by atoms with Crippen molar-refractivity contribution in [3.8, 4) is 0 Å². The van der Waals surface area contributed by atoms with Crippen LogP contribution >= 0.6 is 11.3 Å². The van der Waals surface area contributed by atoms with E-state index in [1.807, 2.05) is 19.1 Å². The van der Waals surface area contributed by atoms with Crippen molar-refractivity contribution in [2.24, 2.45) is 0 Å². The monoisotopic (exact) mass is 370 g/mol. The standard InChI is InChI=1S/C17H18N6O2S/c1-2-18-15(24)13-7-6-12(26-13)11-5-3-9-22(11)16(25)14-20-17-19-8-4-10-23(17)21-14/h4,6-8,10-11H,2-3,5,9H2,1H3,(H,18,24)/t11-/m1/s1. The van der Waals surface area contributed by atoms with Gasteiger partial charge in [0.05, 0.1) is 10.9 Å². The van der Waals surface area contributed by atoms with Crippen molar-refractivity contribution in [2.75, 3.05) is 13.1 Å². The summed E-state index contributed by atoms with van der Waals surface area (Å²) in [5.41, 5.74) is 0. The summed E-state index contributed by atoms with van der Waals surface area (Å²) in [5.74, 6) is 0.274. The van der Waals surface area contributed by atoms with E-state index in [0.29, 0.717) is 23.7 Å². The molecule has 0 spiro atoms. The van der Waals surface area contributed by atoms with Crippen molar-refractivity contribution in [2.45, 2.75) is 25.8 Å². The van der Waals surface area contributed by atoms with E-state index in [1.165, 1.54) is 15.9 Å². The van der Waals surface area contributed by atoms with Crippen LogP contribution in [0.5, 0.6) is 0 Å². The van der Waals surface area contributed by atoms with E-state index in [9.17, 15) is 9.59 Å². The van der Waals surface area contributed by atoms with Gasteiger partial charge < -0.3 is 10.2 Å². The molecule has 2 amide bonds. The molecule has 3 aromatic heterocycles. The average molecular weight is 370 g/mol. The molecular weight excluding hydrogens is 352 g/mol. The van der Waals surface area contributed by atoms with Crippen molar-refractivity contribution in [1.29, 1.82) is 0 Å². The van der Waals surface area contributed by atoms with Crippen molar-refractivity contribution in [1.82, 2.24) is 29.8 Å². The highest BCUT2D eigenvalue weighted by molar-refractivity contribution is 7.14. The number of hydrogen-bond acceptors (Lipinski definition) is 6. The molecule has 1 fully saturated rings. The van der Waals surface area contributed by atoms with Gasteiger partial charge in [0.1, 0.15) is 0 Å². The van der Waals surface area contributed by atoms with E-state index in [2.05, 4.69) is 20.4 Å². The van der Waals surface area contributed by atoms with Gasteiger partial charge in [-0.05, 0) is 38.0 Å². The number of carbonyl (C=O) groups excluding carboxylic acids is 2. The predicted molar refractivity (Wildman–Crippen MR) is 96.1 cm³/mol. The van der Waals surface area contributed by atoms with E-state index in [4.69, 9.17) is 0 Å². The number of likely N-dealkylation sites (tertiary alicyclic amines) is 1. The zero-order valence-electron chi connectivity index (χ0n) is 14.3. The van der Waals surface area contributed by atoms with Crippen LogP contribution in [-0.2, 0) is 0 Å². The van der Waals surface area contributed by atoms with Crippen molar-refractivity contribution in [3.05, 3.63) is 46.2 Å². The first-order valence-corrected chi connectivity index (χ1v) is 9.35. The third kappa shape index (κ3) is 2.94. The van der Waals surface area contributed by atoms with Gasteiger partial charge in [-0.15, -0.1) is 16.4 Å². The zero-order valence-corrected chi connectivity index (χ0v) is 15.1. The topological polar surface area (TPSA) is 92.5 Å². The van der Waals surface area contributed by atoms with Crippen LogP contribution in [0.15, 0.2) is 30.6 Å². The van der Waals surface area contributed by atoms with Crippen LogP contribution in [0.4, 0.5) is 0 Å². The van der Waals surface area contributed by atoms with Gasteiger partial charge in [0.2, 0.25) is 5.82 Å². The molecule has 4 heterocycles. The minimum atomic E-state index is -0.203. The molecule has 0 saturated carbocycles. The quantitative estimate of drug-likeness (QED) is 0.757. The Morgan fingerprint density at radius 3 is 3.08 bits per heavy atom. The molecule has 1 aliphatic rings. The molecule has 1 saturated heterocycles. The fourth-order valence-electron chi connectivity index (χ4n) is 3.16. The number of rotatable bonds is 4. The Bertz CT molecular complexity index is 932. The van der Waals surface area contributed by atoms with Crippen LogP contribution in [0.1, 0.15) is 51.0 Å². The minimum Gasteiger partial charge on any atom is -0.352 e. The van der Waals surface area contributed by atoms with Crippen LogP contribution in [0, 0.1) is 0 Å².